The van der Waals surface area contributed by atoms with E-state index in [2.05, 4.69) is 10.7 Å². The van der Waals surface area contributed by atoms with Crippen LogP contribution in [0.5, 0.6) is 0 Å². The number of hydrogen-bond donors (Lipinski definition) is 1. The number of fused-ring (bicyclic) bond motifs is 1. The highest BCUT2D eigenvalue weighted by Crippen LogP contribution is 2.33. The van der Waals surface area contributed by atoms with E-state index >= 15 is 0 Å². The van der Waals surface area contributed by atoms with Gasteiger partial charge in [-0.05, 0) is 43.4 Å². The third kappa shape index (κ3) is 7.93. The summed E-state index contributed by atoms with van der Waals surface area (Å²) in [5.74, 6) is -1.88. The number of rotatable bonds is 7. The smallest absolute Gasteiger partial charge is 0.320 e. The third-order valence-electron chi connectivity index (χ3n) is 5.08. The first kappa shape index (κ1) is 24.2. The van der Waals surface area contributed by atoms with Crippen LogP contribution in [0.15, 0.2) is 58.9 Å². The number of para-hydroxylation sites is 1. The third-order valence-corrected chi connectivity index (χ3v) is 7.39. The standard InChI is InChI=1S/C18H15NO4S2.C6H13N/c20-16(21)10-15(17(22)23-11-12-6-2-1-3-7-12)25-18-19-13-8-4-5-9-14(13)24-18;7-6-4-2-1-3-5-6/h1-9,15H,10-11H2,(H,20,21);6H,1-5,7H2. The zero-order chi connectivity index (χ0) is 22.8. The van der Waals surface area contributed by atoms with Crippen molar-refractivity contribution >= 4 is 45.3 Å². The first-order chi connectivity index (χ1) is 15.5. The molecular weight excluding hydrogens is 444 g/mol. The largest absolute Gasteiger partial charge is 0.550 e. The SMILES string of the molecule is O=C([O-])CC(Sc1nc2ccccc2s1)C(=O)OCc1ccccc1.[NH3+]C1CCCCC1. The molecule has 1 aliphatic carbocycles. The molecule has 0 bridgehead atoms. The van der Waals surface area contributed by atoms with Gasteiger partial charge in [0.1, 0.15) is 11.9 Å². The molecule has 1 aliphatic rings. The number of ether oxygens (including phenoxy) is 1. The van der Waals surface area contributed by atoms with Crippen LogP contribution in [0, 0.1) is 0 Å². The Labute approximate surface area is 196 Å². The number of quaternary nitrogens is 1. The van der Waals surface area contributed by atoms with Crippen LogP contribution in [-0.2, 0) is 20.9 Å². The number of nitrogens with zero attached hydrogens (tertiary/aromatic N) is 1. The van der Waals surface area contributed by atoms with E-state index in [1.54, 1.807) is 0 Å². The predicted molar refractivity (Wildman–Crippen MR) is 125 cm³/mol. The van der Waals surface area contributed by atoms with Gasteiger partial charge in [0.15, 0.2) is 4.34 Å². The molecule has 0 spiro atoms. The van der Waals surface area contributed by atoms with Gasteiger partial charge in [-0.25, -0.2) is 4.98 Å². The van der Waals surface area contributed by atoms with E-state index in [-0.39, 0.29) is 6.61 Å². The lowest BCUT2D eigenvalue weighted by Crippen LogP contribution is -2.61. The van der Waals surface area contributed by atoms with Crippen LogP contribution in [0.4, 0.5) is 0 Å². The summed E-state index contributed by atoms with van der Waals surface area (Å²) < 4.78 is 6.87. The Kier molecular flexibility index (Phi) is 9.52. The minimum Gasteiger partial charge on any atom is -0.550 e. The van der Waals surface area contributed by atoms with E-state index in [1.165, 1.54) is 43.4 Å². The Bertz CT molecular complexity index is 970. The molecule has 1 saturated carbocycles. The molecule has 3 N–H and O–H groups in total. The highest BCUT2D eigenvalue weighted by atomic mass is 32.2. The quantitative estimate of drug-likeness (QED) is 0.418. The molecule has 170 valence electrons. The minimum atomic E-state index is -1.30. The second-order valence-corrected chi connectivity index (χ2v) is 10.2. The number of carboxylic acids is 1. The molecule has 1 unspecified atom stereocenters. The van der Waals surface area contributed by atoms with Crippen LogP contribution in [0.3, 0.4) is 0 Å². The zero-order valence-electron chi connectivity index (χ0n) is 17.9. The predicted octanol–water partition coefficient (Wildman–Crippen LogP) is 3.20. The van der Waals surface area contributed by atoms with Crippen molar-refractivity contribution in [3.8, 4) is 0 Å². The van der Waals surface area contributed by atoms with Gasteiger partial charge >= 0.3 is 5.97 Å². The molecule has 1 atom stereocenters. The maximum absolute atomic E-state index is 12.3. The van der Waals surface area contributed by atoms with Crippen molar-refractivity contribution in [3.05, 3.63) is 60.2 Å². The lowest BCUT2D eigenvalue weighted by Gasteiger charge is -2.15. The molecule has 32 heavy (non-hydrogen) atoms. The Morgan fingerprint density at radius 2 is 1.78 bits per heavy atom. The number of esters is 1. The van der Waals surface area contributed by atoms with Gasteiger partial charge in [-0.3, -0.25) is 4.79 Å². The molecule has 8 heteroatoms. The summed E-state index contributed by atoms with van der Waals surface area (Å²) in [6, 6.07) is 17.6. The normalized spacial score (nSPS) is 14.9. The number of thiazole rings is 1. The summed E-state index contributed by atoms with van der Waals surface area (Å²) in [4.78, 5) is 27.7. The van der Waals surface area contributed by atoms with Crippen molar-refractivity contribution in [3.63, 3.8) is 0 Å². The lowest BCUT2D eigenvalue weighted by molar-refractivity contribution is -0.425. The Balaban J connectivity index is 0.000000352. The molecule has 3 aromatic rings. The van der Waals surface area contributed by atoms with Crippen molar-refractivity contribution < 1.29 is 25.2 Å². The summed E-state index contributed by atoms with van der Waals surface area (Å²) in [5.41, 5.74) is 5.66. The fourth-order valence-electron chi connectivity index (χ4n) is 3.36. The van der Waals surface area contributed by atoms with Gasteiger partial charge in [0.2, 0.25) is 0 Å². The van der Waals surface area contributed by atoms with E-state index in [0.29, 0.717) is 4.34 Å². The van der Waals surface area contributed by atoms with Gasteiger partial charge in [-0.2, -0.15) is 0 Å². The highest BCUT2D eigenvalue weighted by molar-refractivity contribution is 8.02. The van der Waals surface area contributed by atoms with Crippen LogP contribution in [0.2, 0.25) is 0 Å². The second-order valence-electron chi connectivity index (χ2n) is 7.73. The van der Waals surface area contributed by atoms with Crippen LogP contribution in [-0.4, -0.2) is 28.2 Å². The molecule has 2 aromatic carbocycles. The number of carbonyl (C=O) groups is 2. The van der Waals surface area contributed by atoms with Crippen molar-refractivity contribution in [1.29, 1.82) is 0 Å². The van der Waals surface area contributed by atoms with Gasteiger partial charge in [0.25, 0.3) is 0 Å². The summed E-state index contributed by atoms with van der Waals surface area (Å²) in [7, 11) is 0. The van der Waals surface area contributed by atoms with Gasteiger partial charge < -0.3 is 20.4 Å². The van der Waals surface area contributed by atoms with Crippen molar-refractivity contribution in [2.45, 2.75) is 60.8 Å². The van der Waals surface area contributed by atoms with Gasteiger partial charge in [-0.15, -0.1) is 11.3 Å². The summed E-state index contributed by atoms with van der Waals surface area (Å²) in [6.07, 6.45) is 6.63. The molecule has 1 heterocycles. The number of aromatic nitrogens is 1. The molecule has 4 rings (SSSR count). The molecule has 1 fully saturated rings. The number of carboxylic acid groups (broad SMARTS) is 1. The average molecular weight is 473 g/mol. The molecular formula is C24H28N2O4S2. The van der Waals surface area contributed by atoms with Crippen LogP contribution in [0.25, 0.3) is 10.2 Å². The summed E-state index contributed by atoms with van der Waals surface area (Å²) in [6.45, 7) is 0.101. The van der Waals surface area contributed by atoms with E-state index in [0.717, 1.165) is 33.6 Å². The second kappa shape index (κ2) is 12.6. The van der Waals surface area contributed by atoms with Gasteiger partial charge in [0.05, 0.1) is 16.3 Å². The van der Waals surface area contributed by atoms with E-state index in [4.69, 9.17) is 4.74 Å². The Morgan fingerprint density at radius 1 is 1.09 bits per heavy atom. The van der Waals surface area contributed by atoms with Crippen LogP contribution >= 0.6 is 23.1 Å². The van der Waals surface area contributed by atoms with Crippen LogP contribution in [0.1, 0.15) is 44.1 Å². The van der Waals surface area contributed by atoms with Crippen molar-refractivity contribution in [2.75, 3.05) is 0 Å². The fraction of sp³-hybridized carbons (Fsp3) is 0.375. The first-order valence-electron chi connectivity index (χ1n) is 10.8. The highest BCUT2D eigenvalue weighted by Gasteiger charge is 2.23. The van der Waals surface area contributed by atoms with Crippen molar-refractivity contribution in [1.82, 2.24) is 4.98 Å². The maximum atomic E-state index is 12.3. The molecule has 0 saturated heterocycles. The zero-order valence-corrected chi connectivity index (χ0v) is 19.5. The molecule has 0 aliphatic heterocycles. The number of thioether (sulfide) groups is 1. The number of benzene rings is 2. The van der Waals surface area contributed by atoms with E-state index < -0.39 is 23.6 Å². The number of aliphatic carboxylic acids is 1. The number of carbonyl (C=O) groups excluding carboxylic acids is 2. The number of hydrogen-bond acceptors (Lipinski definition) is 7. The van der Waals surface area contributed by atoms with Crippen LogP contribution < -0.4 is 10.8 Å². The van der Waals surface area contributed by atoms with E-state index in [1.807, 2.05) is 54.6 Å². The fourth-order valence-corrected chi connectivity index (χ4v) is 5.64. The van der Waals surface area contributed by atoms with Crippen molar-refractivity contribution in [2.24, 2.45) is 0 Å². The maximum Gasteiger partial charge on any atom is 0.320 e. The topological polar surface area (TPSA) is 107 Å². The van der Waals surface area contributed by atoms with Gasteiger partial charge in [-0.1, -0.05) is 60.6 Å². The summed E-state index contributed by atoms with van der Waals surface area (Å²) in [5, 5.41) is 10.1. The van der Waals surface area contributed by atoms with Gasteiger partial charge in [0, 0.05) is 12.4 Å². The Morgan fingerprint density at radius 3 is 2.41 bits per heavy atom. The minimum absolute atomic E-state index is 0.101. The molecule has 6 nitrogen and oxygen atoms in total. The molecule has 0 amide bonds. The average Bonchev–Trinajstić information content (AvgIpc) is 3.21. The molecule has 0 radical (unpaired) electrons. The first-order valence-corrected chi connectivity index (χ1v) is 12.5. The lowest BCUT2D eigenvalue weighted by atomic mass is 9.97. The van der Waals surface area contributed by atoms with E-state index in [9.17, 15) is 14.7 Å². The monoisotopic (exact) mass is 472 g/mol. The molecule has 1 aromatic heterocycles. The summed E-state index contributed by atoms with van der Waals surface area (Å²) >= 11 is 2.51. The Hall–Kier alpha value is -2.42.